The molecule has 0 atom stereocenters. The highest BCUT2D eigenvalue weighted by Gasteiger charge is 1.96. The Morgan fingerprint density at radius 3 is 1.40 bits per heavy atom. The van der Waals surface area contributed by atoms with Crippen LogP contribution >= 0.6 is 0 Å². The maximum Gasteiger partial charge on any atom is -0.0285 e. The average Bonchev–Trinajstić information content (AvgIpc) is 1.89. The van der Waals surface area contributed by atoms with Crippen LogP contribution in [0.15, 0.2) is 24.3 Å². The van der Waals surface area contributed by atoms with Gasteiger partial charge in [-0.1, -0.05) is 51.0 Å². The molecule has 0 heterocycles. The summed E-state index contributed by atoms with van der Waals surface area (Å²) in [4.78, 5) is 0. The van der Waals surface area contributed by atoms with E-state index in [1.54, 1.807) is 0 Å². The molecule has 0 nitrogen and oxygen atoms in total. The minimum atomic E-state index is 1.11. The first kappa shape index (κ1) is 9.48. The Labute approximate surface area is 64.6 Å². The Bertz CT molecular complexity index is 104. The van der Waals surface area contributed by atoms with Crippen LogP contribution < -0.4 is 0 Å². The van der Waals surface area contributed by atoms with Crippen LogP contribution in [0.3, 0.4) is 0 Å². The van der Waals surface area contributed by atoms with Crippen molar-refractivity contribution in [2.24, 2.45) is 0 Å². The zero-order valence-electron chi connectivity index (χ0n) is 7.24. The topological polar surface area (TPSA) is 0 Å². The van der Waals surface area contributed by atoms with Crippen molar-refractivity contribution in [1.29, 1.82) is 0 Å². The lowest BCUT2D eigenvalue weighted by Crippen LogP contribution is -1.85. The van der Waals surface area contributed by atoms with Crippen molar-refractivity contribution in [2.45, 2.75) is 39.5 Å². The summed E-state index contributed by atoms with van der Waals surface area (Å²) in [6.45, 7) is 12.3. The van der Waals surface area contributed by atoms with Crippen LogP contribution in [-0.2, 0) is 0 Å². The Hall–Kier alpha value is -0.520. The highest BCUT2D eigenvalue weighted by atomic mass is 14.0. The predicted octanol–water partition coefficient (Wildman–Crippen LogP) is 3.70. The monoisotopic (exact) mass is 138 g/mol. The number of rotatable bonds is 5. The van der Waals surface area contributed by atoms with Crippen LogP contribution in [0.4, 0.5) is 0 Å². The fourth-order valence-corrected chi connectivity index (χ4v) is 0.957. The predicted molar refractivity (Wildman–Crippen MR) is 48.1 cm³/mol. The molecule has 0 fully saturated rings. The molecule has 0 aromatic carbocycles. The van der Waals surface area contributed by atoms with Gasteiger partial charge in [0.2, 0.25) is 0 Å². The van der Waals surface area contributed by atoms with E-state index < -0.39 is 0 Å². The van der Waals surface area contributed by atoms with Gasteiger partial charge in [0.1, 0.15) is 0 Å². The summed E-state index contributed by atoms with van der Waals surface area (Å²) in [6.07, 6.45) is 4.58. The Balaban J connectivity index is 3.60. The highest BCUT2D eigenvalue weighted by Crippen LogP contribution is 2.16. The minimum absolute atomic E-state index is 1.11. The van der Waals surface area contributed by atoms with Crippen LogP contribution in [0.2, 0.25) is 0 Å². The fraction of sp³-hybridized carbons (Fsp3) is 0.600. The van der Waals surface area contributed by atoms with Gasteiger partial charge in [0.05, 0.1) is 0 Å². The van der Waals surface area contributed by atoms with Crippen LogP contribution in [-0.4, -0.2) is 0 Å². The molecule has 58 valence electrons. The van der Waals surface area contributed by atoms with Gasteiger partial charge in [0.15, 0.2) is 0 Å². The molecule has 0 aromatic heterocycles. The average molecular weight is 138 g/mol. The summed E-state index contributed by atoms with van der Waals surface area (Å²) in [5.74, 6) is 0. The van der Waals surface area contributed by atoms with Gasteiger partial charge in [-0.05, 0) is 12.8 Å². The van der Waals surface area contributed by atoms with Gasteiger partial charge >= 0.3 is 0 Å². The summed E-state index contributed by atoms with van der Waals surface area (Å²) < 4.78 is 0. The molecule has 0 aliphatic heterocycles. The van der Waals surface area contributed by atoms with E-state index in [1.165, 1.54) is 24.0 Å². The first-order valence-electron chi connectivity index (χ1n) is 4.08. The zero-order valence-corrected chi connectivity index (χ0v) is 7.24. The van der Waals surface area contributed by atoms with E-state index in [4.69, 9.17) is 0 Å². The molecule has 0 radical (unpaired) electrons. The molecule has 10 heavy (non-hydrogen) atoms. The first-order chi connectivity index (χ1) is 4.72. The van der Waals surface area contributed by atoms with Crippen molar-refractivity contribution in [3.63, 3.8) is 0 Å². The van der Waals surface area contributed by atoms with Crippen molar-refractivity contribution in [2.75, 3.05) is 0 Å². The summed E-state index contributed by atoms with van der Waals surface area (Å²) in [5.41, 5.74) is 2.48. The van der Waals surface area contributed by atoms with E-state index in [0.717, 1.165) is 12.8 Å². The molecule has 0 saturated carbocycles. The number of allylic oxidation sites excluding steroid dienone is 2. The van der Waals surface area contributed by atoms with Crippen LogP contribution in [0, 0.1) is 0 Å². The van der Waals surface area contributed by atoms with E-state index in [-0.39, 0.29) is 0 Å². The third-order valence-corrected chi connectivity index (χ3v) is 1.60. The highest BCUT2D eigenvalue weighted by molar-refractivity contribution is 5.24. The van der Waals surface area contributed by atoms with E-state index in [2.05, 4.69) is 27.0 Å². The third kappa shape index (κ3) is 3.49. The van der Waals surface area contributed by atoms with Crippen molar-refractivity contribution < 1.29 is 0 Å². The van der Waals surface area contributed by atoms with Crippen LogP contribution in [0.25, 0.3) is 0 Å². The molecule has 0 bridgehead atoms. The van der Waals surface area contributed by atoms with Gasteiger partial charge in [-0.3, -0.25) is 0 Å². The maximum atomic E-state index is 3.96. The van der Waals surface area contributed by atoms with E-state index >= 15 is 0 Å². The lowest BCUT2D eigenvalue weighted by molar-refractivity contribution is 0.858. The third-order valence-electron chi connectivity index (χ3n) is 1.60. The molecule has 0 heteroatoms. The largest absolute Gasteiger partial charge is 0.0956 e. The van der Waals surface area contributed by atoms with Crippen molar-refractivity contribution in [1.82, 2.24) is 0 Å². The second kappa shape index (κ2) is 5.28. The molecule has 0 spiro atoms. The second-order valence-electron chi connectivity index (χ2n) is 2.71. The van der Waals surface area contributed by atoms with E-state index in [0.29, 0.717) is 0 Å². The molecular formula is C10H18. The molecule has 0 aliphatic rings. The van der Waals surface area contributed by atoms with Crippen molar-refractivity contribution in [3.8, 4) is 0 Å². The van der Waals surface area contributed by atoms with Gasteiger partial charge in [0, 0.05) is 0 Å². The van der Waals surface area contributed by atoms with Gasteiger partial charge in [-0.2, -0.15) is 0 Å². The molecular weight excluding hydrogens is 120 g/mol. The van der Waals surface area contributed by atoms with Crippen LogP contribution in [0.5, 0.6) is 0 Å². The maximum absolute atomic E-state index is 3.96. The smallest absolute Gasteiger partial charge is 0.0285 e. The molecule has 0 saturated heterocycles. The van der Waals surface area contributed by atoms with Gasteiger partial charge in [-0.25, -0.2) is 0 Å². The summed E-state index contributed by atoms with van der Waals surface area (Å²) >= 11 is 0. The zero-order chi connectivity index (χ0) is 7.98. The molecule has 0 aromatic rings. The summed E-state index contributed by atoms with van der Waals surface area (Å²) in [6, 6.07) is 0. The summed E-state index contributed by atoms with van der Waals surface area (Å²) in [5, 5.41) is 0. The molecule has 0 rings (SSSR count). The number of hydrogen-bond donors (Lipinski definition) is 0. The van der Waals surface area contributed by atoms with Gasteiger partial charge in [-0.15, -0.1) is 0 Å². The molecule has 0 N–H and O–H groups in total. The lowest BCUT2D eigenvalue weighted by Gasteiger charge is -2.05. The summed E-state index contributed by atoms with van der Waals surface area (Å²) in [7, 11) is 0. The Kier molecular flexibility index (Phi) is 5.00. The van der Waals surface area contributed by atoms with E-state index in [1.807, 2.05) is 0 Å². The fourth-order valence-electron chi connectivity index (χ4n) is 0.957. The Morgan fingerprint density at radius 2 is 1.20 bits per heavy atom. The van der Waals surface area contributed by atoms with Gasteiger partial charge < -0.3 is 0 Å². The van der Waals surface area contributed by atoms with Crippen molar-refractivity contribution in [3.05, 3.63) is 24.3 Å². The standard InChI is InChI=1S/C10H18/c1-5-7-9(3)10(4)8-6-2/h3-8H2,1-2H3. The first-order valence-corrected chi connectivity index (χ1v) is 4.08. The second-order valence-corrected chi connectivity index (χ2v) is 2.71. The number of hydrogen-bond acceptors (Lipinski definition) is 0. The molecule has 0 unspecified atom stereocenters. The minimum Gasteiger partial charge on any atom is -0.0956 e. The van der Waals surface area contributed by atoms with E-state index in [9.17, 15) is 0 Å². The molecule has 0 aliphatic carbocycles. The normalized spacial score (nSPS) is 9.40. The lowest BCUT2D eigenvalue weighted by atomic mass is 10.0. The van der Waals surface area contributed by atoms with Gasteiger partial charge in [0.25, 0.3) is 0 Å². The van der Waals surface area contributed by atoms with Crippen molar-refractivity contribution >= 4 is 0 Å². The van der Waals surface area contributed by atoms with Crippen LogP contribution in [0.1, 0.15) is 39.5 Å². The molecule has 0 amide bonds. The quantitative estimate of drug-likeness (QED) is 0.508. The SMILES string of the molecule is C=C(CCC)C(=C)CCC. The Morgan fingerprint density at radius 1 is 0.900 bits per heavy atom.